The molecule has 1 heterocycles. The van der Waals surface area contributed by atoms with Crippen molar-refractivity contribution >= 4 is 43.0 Å². The van der Waals surface area contributed by atoms with E-state index in [2.05, 4.69) is 50.9 Å². The third-order valence-electron chi connectivity index (χ3n) is 3.19. The Kier molecular flexibility index (Phi) is 3.94. The molecule has 20 heavy (non-hydrogen) atoms. The highest BCUT2D eigenvalue weighted by atomic mass is 79.9. The minimum atomic E-state index is 0.789. The number of hydrogen-bond donors (Lipinski definition) is 1. The molecule has 0 bridgehead atoms. The lowest BCUT2D eigenvalue weighted by molar-refractivity contribution is 0.416. The van der Waals surface area contributed by atoms with Crippen LogP contribution in [0.25, 0.3) is 10.1 Å². The highest BCUT2D eigenvalue weighted by Crippen LogP contribution is 2.30. The summed E-state index contributed by atoms with van der Waals surface area (Å²) < 4.78 is 7.74. The molecule has 2 nitrogen and oxygen atoms in total. The van der Waals surface area contributed by atoms with Crippen molar-refractivity contribution in [2.45, 2.75) is 6.54 Å². The van der Waals surface area contributed by atoms with Gasteiger partial charge in [0.2, 0.25) is 0 Å². The van der Waals surface area contributed by atoms with E-state index in [1.165, 1.54) is 15.6 Å². The quantitative estimate of drug-likeness (QED) is 0.692. The molecule has 2 aromatic carbocycles. The van der Waals surface area contributed by atoms with Gasteiger partial charge >= 0.3 is 0 Å². The monoisotopic (exact) mass is 347 g/mol. The van der Waals surface area contributed by atoms with Crippen LogP contribution in [0.5, 0.6) is 5.75 Å². The highest BCUT2D eigenvalue weighted by molar-refractivity contribution is 9.10. The number of halogens is 1. The Balaban J connectivity index is 1.84. The molecule has 0 unspecified atom stereocenters. The van der Waals surface area contributed by atoms with Gasteiger partial charge in [-0.3, -0.25) is 0 Å². The second kappa shape index (κ2) is 5.85. The average molecular weight is 348 g/mol. The first kappa shape index (κ1) is 13.5. The Morgan fingerprint density at radius 3 is 2.90 bits per heavy atom. The normalized spacial score (nSPS) is 10.7. The van der Waals surface area contributed by atoms with Crippen molar-refractivity contribution < 1.29 is 4.74 Å². The minimum absolute atomic E-state index is 0.789. The zero-order chi connectivity index (χ0) is 13.9. The third kappa shape index (κ3) is 2.67. The summed E-state index contributed by atoms with van der Waals surface area (Å²) in [5, 5.41) is 6.98. The van der Waals surface area contributed by atoms with Gasteiger partial charge in [0.15, 0.2) is 0 Å². The summed E-state index contributed by atoms with van der Waals surface area (Å²) in [6, 6.07) is 14.4. The zero-order valence-electron chi connectivity index (χ0n) is 11.0. The number of benzene rings is 2. The van der Waals surface area contributed by atoms with Crippen LogP contribution in [0.15, 0.2) is 52.3 Å². The summed E-state index contributed by atoms with van der Waals surface area (Å²) in [7, 11) is 1.69. The Morgan fingerprint density at radius 2 is 2.05 bits per heavy atom. The highest BCUT2D eigenvalue weighted by Gasteiger charge is 2.06. The van der Waals surface area contributed by atoms with Crippen molar-refractivity contribution in [1.29, 1.82) is 0 Å². The van der Waals surface area contributed by atoms with Crippen molar-refractivity contribution in [2.24, 2.45) is 0 Å². The number of hydrogen-bond acceptors (Lipinski definition) is 3. The van der Waals surface area contributed by atoms with Crippen molar-refractivity contribution in [2.75, 3.05) is 12.4 Å². The van der Waals surface area contributed by atoms with Crippen molar-refractivity contribution in [1.82, 2.24) is 0 Å². The molecule has 0 aliphatic carbocycles. The molecule has 0 fully saturated rings. The maximum Gasteiger partial charge on any atom is 0.142 e. The lowest BCUT2D eigenvalue weighted by Crippen LogP contribution is -2.00. The van der Waals surface area contributed by atoms with E-state index >= 15 is 0 Å². The van der Waals surface area contributed by atoms with Gasteiger partial charge < -0.3 is 10.1 Å². The molecule has 0 spiro atoms. The number of methoxy groups -OCH3 is 1. The molecule has 0 atom stereocenters. The second-order valence-corrected chi connectivity index (χ2v) is 6.28. The Morgan fingerprint density at radius 1 is 1.20 bits per heavy atom. The summed E-state index contributed by atoms with van der Waals surface area (Å²) in [5.41, 5.74) is 2.31. The molecule has 0 saturated carbocycles. The summed E-state index contributed by atoms with van der Waals surface area (Å²) in [4.78, 5) is 0. The average Bonchev–Trinajstić information content (AvgIpc) is 2.88. The van der Waals surface area contributed by atoms with Crippen LogP contribution in [0.4, 0.5) is 5.69 Å². The number of ether oxygens (including phenoxy) is 1. The van der Waals surface area contributed by atoms with Crippen molar-refractivity contribution in [3.63, 3.8) is 0 Å². The molecule has 102 valence electrons. The largest absolute Gasteiger partial charge is 0.495 e. The van der Waals surface area contributed by atoms with E-state index in [0.29, 0.717) is 0 Å². The van der Waals surface area contributed by atoms with Gasteiger partial charge in [0.05, 0.1) is 12.8 Å². The van der Waals surface area contributed by atoms with Crippen LogP contribution in [-0.4, -0.2) is 7.11 Å². The second-order valence-electron chi connectivity index (χ2n) is 4.46. The molecule has 3 rings (SSSR count). The van der Waals surface area contributed by atoms with Gasteiger partial charge in [-0.05, 0) is 40.6 Å². The number of rotatable bonds is 4. The molecule has 1 aromatic heterocycles. The van der Waals surface area contributed by atoms with Crippen molar-refractivity contribution in [3.05, 3.63) is 57.9 Å². The number of anilines is 1. The first-order valence-corrected chi connectivity index (χ1v) is 7.97. The van der Waals surface area contributed by atoms with Crippen LogP contribution in [0, 0.1) is 0 Å². The Bertz CT molecular complexity index is 738. The fourth-order valence-corrected chi connectivity index (χ4v) is 3.50. The van der Waals surface area contributed by atoms with Gasteiger partial charge in [-0.1, -0.05) is 34.1 Å². The minimum Gasteiger partial charge on any atom is -0.495 e. The zero-order valence-corrected chi connectivity index (χ0v) is 13.4. The lowest BCUT2D eigenvalue weighted by atomic mass is 10.2. The topological polar surface area (TPSA) is 21.3 Å². The first-order chi connectivity index (χ1) is 9.78. The third-order valence-corrected chi connectivity index (χ3v) is 4.70. The van der Waals surface area contributed by atoms with Gasteiger partial charge in [-0.15, -0.1) is 11.3 Å². The Labute approximate surface area is 130 Å². The Hall–Kier alpha value is -1.52. The predicted molar refractivity (Wildman–Crippen MR) is 89.8 cm³/mol. The van der Waals surface area contributed by atoms with Crippen LogP contribution in [0.3, 0.4) is 0 Å². The maximum absolute atomic E-state index is 5.38. The van der Waals surface area contributed by atoms with E-state index in [1.54, 1.807) is 18.4 Å². The predicted octanol–water partition coefficient (Wildman–Crippen LogP) is 5.28. The molecule has 0 radical (unpaired) electrons. The molecular formula is C16H14BrNOS. The summed E-state index contributed by atoms with van der Waals surface area (Å²) in [5.74, 6) is 0.854. The molecule has 0 amide bonds. The molecule has 0 saturated heterocycles. The van der Waals surface area contributed by atoms with Gasteiger partial charge in [-0.25, -0.2) is 0 Å². The fourth-order valence-electron chi connectivity index (χ4n) is 2.18. The summed E-state index contributed by atoms with van der Waals surface area (Å²) in [6.45, 7) is 0.789. The van der Waals surface area contributed by atoms with Gasteiger partial charge in [0, 0.05) is 15.7 Å². The van der Waals surface area contributed by atoms with Crippen LogP contribution in [-0.2, 0) is 6.54 Å². The van der Waals surface area contributed by atoms with Gasteiger partial charge in [-0.2, -0.15) is 0 Å². The van der Waals surface area contributed by atoms with E-state index < -0.39 is 0 Å². The number of thiophene rings is 1. The molecule has 4 heteroatoms. The van der Waals surface area contributed by atoms with E-state index in [9.17, 15) is 0 Å². The standard InChI is InChI=1S/C16H14BrNOS/c1-19-15-7-6-12(17)8-14(15)18-9-11-10-20-16-5-3-2-4-13(11)16/h2-8,10,18H,9H2,1H3. The van der Waals surface area contributed by atoms with E-state index in [4.69, 9.17) is 4.74 Å². The van der Waals surface area contributed by atoms with Crippen molar-refractivity contribution in [3.8, 4) is 5.75 Å². The number of fused-ring (bicyclic) bond motifs is 1. The van der Waals surface area contributed by atoms with E-state index in [0.717, 1.165) is 22.5 Å². The van der Waals surface area contributed by atoms with Gasteiger partial charge in [0.1, 0.15) is 5.75 Å². The lowest BCUT2D eigenvalue weighted by Gasteiger charge is -2.11. The maximum atomic E-state index is 5.38. The van der Waals surface area contributed by atoms with Gasteiger partial charge in [0.25, 0.3) is 0 Å². The smallest absolute Gasteiger partial charge is 0.142 e. The first-order valence-electron chi connectivity index (χ1n) is 6.30. The molecule has 0 aliphatic heterocycles. The van der Waals surface area contributed by atoms with Crippen LogP contribution in [0.2, 0.25) is 0 Å². The summed E-state index contributed by atoms with van der Waals surface area (Å²) >= 11 is 5.27. The molecular weight excluding hydrogens is 334 g/mol. The fraction of sp³-hybridized carbons (Fsp3) is 0.125. The van der Waals surface area contributed by atoms with E-state index in [-0.39, 0.29) is 0 Å². The van der Waals surface area contributed by atoms with Crippen LogP contribution in [0.1, 0.15) is 5.56 Å². The molecule has 0 aliphatic rings. The molecule has 1 N–H and O–H groups in total. The summed E-state index contributed by atoms with van der Waals surface area (Å²) in [6.07, 6.45) is 0. The van der Waals surface area contributed by atoms with Crippen LogP contribution >= 0.6 is 27.3 Å². The number of nitrogens with one attached hydrogen (secondary N) is 1. The van der Waals surface area contributed by atoms with Crippen LogP contribution < -0.4 is 10.1 Å². The SMILES string of the molecule is COc1ccc(Br)cc1NCc1csc2ccccc12. The molecule has 3 aromatic rings. The van der Waals surface area contributed by atoms with E-state index in [1.807, 2.05) is 18.2 Å².